The predicted molar refractivity (Wildman–Crippen MR) is 94.3 cm³/mol. The van der Waals surface area contributed by atoms with Gasteiger partial charge in [-0.05, 0) is 23.6 Å². The number of aliphatic carboxylic acids is 1. The zero-order chi connectivity index (χ0) is 17.5. The molecule has 0 aromatic heterocycles. The number of esters is 1. The molecule has 0 saturated heterocycles. The second-order valence-electron chi connectivity index (χ2n) is 5.27. The molecule has 0 aliphatic heterocycles. The fraction of sp³-hybridized carbons (Fsp3) is 0.158. The molecule has 1 unspecified atom stereocenters. The Hall–Kier alpha value is -2.40. The van der Waals surface area contributed by atoms with Gasteiger partial charge in [0.05, 0.1) is 5.92 Å². The largest absolute Gasteiger partial charge is 0.481 e. The van der Waals surface area contributed by atoms with E-state index in [0.29, 0.717) is 0 Å². The van der Waals surface area contributed by atoms with Crippen LogP contribution in [0.3, 0.4) is 0 Å². The van der Waals surface area contributed by atoms with Gasteiger partial charge in [-0.1, -0.05) is 71.0 Å². The van der Waals surface area contributed by atoms with Crippen LogP contribution in [-0.4, -0.2) is 17.0 Å². The number of hydrogen-bond acceptors (Lipinski definition) is 3. The van der Waals surface area contributed by atoms with Crippen molar-refractivity contribution in [1.29, 1.82) is 0 Å². The highest BCUT2D eigenvalue weighted by Gasteiger charge is 2.27. The van der Waals surface area contributed by atoms with Gasteiger partial charge >= 0.3 is 11.9 Å². The Bertz CT molecular complexity index is 740. The minimum atomic E-state index is -1.10. The van der Waals surface area contributed by atoms with Crippen molar-refractivity contribution in [1.82, 2.24) is 0 Å². The molecule has 0 aliphatic rings. The number of ether oxygens (including phenoxy) is 1. The summed E-state index contributed by atoms with van der Waals surface area (Å²) in [6.07, 6.45) is 0.163. The summed E-state index contributed by atoms with van der Waals surface area (Å²) in [5.74, 6) is -2.84. The summed E-state index contributed by atoms with van der Waals surface area (Å²) in [5, 5.41) is 9.45. The molecular weight excluding hydrogens is 372 g/mol. The fourth-order valence-corrected chi connectivity index (χ4v) is 2.65. The molecule has 0 heterocycles. The molecule has 0 aliphatic carbocycles. The second kappa shape index (κ2) is 8.45. The summed E-state index contributed by atoms with van der Waals surface area (Å²) in [7, 11) is 0. The van der Waals surface area contributed by atoms with E-state index in [1.54, 1.807) is 0 Å². The number of carbonyl (C=O) groups is 2. The first-order valence-corrected chi connectivity index (χ1v) is 8.14. The third-order valence-electron chi connectivity index (χ3n) is 3.58. The molecule has 0 radical (unpaired) electrons. The molecule has 2 aromatic rings. The van der Waals surface area contributed by atoms with Crippen molar-refractivity contribution in [3.8, 4) is 0 Å². The van der Waals surface area contributed by atoms with Crippen LogP contribution in [0.2, 0.25) is 0 Å². The van der Waals surface area contributed by atoms with E-state index in [1.165, 1.54) is 0 Å². The Morgan fingerprint density at radius 2 is 1.71 bits per heavy atom. The van der Waals surface area contributed by atoms with E-state index in [4.69, 9.17) is 4.74 Å². The minimum Gasteiger partial charge on any atom is -0.481 e. The molecule has 2 rings (SSSR count). The van der Waals surface area contributed by atoms with Gasteiger partial charge in [0, 0.05) is 10.0 Å². The van der Waals surface area contributed by atoms with Gasteiger partial charge in [0.2, 0.25) is 0 Å². The van der Waals surface area contributed by atoms with Gasteiger partial charge in [-0.2, -0.15) is 0 Å². The maximum absolute atomic E-state index is 12.1. The Morgan fingerprint density at radius 1 is 1.08 bits per heavy atom. The molecule has 24 heavy (non-hydrogen) atoms. The first kappa shape index (κ1) is 17.9. The molecule has 1 atom stereocenters. The molecule has 0 fully saturated rings. The van der Waals surface area contributed by atoms with Gasteiger partial charge in [0.25, 0.3) is 0 Å². The lowest BCUT2D eigenvalue weighted by molar-refractivity contribution is -0.146. The lowest BCUT2D eigenvalue weighted by Gasteiger charge is -2.15. The van der Waals surface area contributed by atoms with Crippen LogP contribution < -0.4 is 0 Å². The van der Waals surface area contributed by atoms with Crippen molar-refractivity contribution < 1.29 is 19.4 Å². The van der Waals surface area contributed by atoms with E-state index in [9.17, 15) is 14.7 Å². The summed E-state index contributed by atoms with van der Waals surface area (Å²) < 4.78 is 5.97. The third kappa shape index (κ3) is 4.80. The lowest BCUT2D eigenvalue weighted by Crippen LogP contribution is -2.24. The molecule has 1 N–H and O–H groups in total. The quantitative estimate of drug-likeness (QED) is 0.575. The van der Waals surface area contributed by atoms with Crippen molar-refractivity contribution in [3.63, 3.8) is 0 Å². The van der Waals surface area contributed by atoms with Crippen molar-refractivity contribution in [2.45, 2.75) is 13.0 Å². The first-order chi connectivity index (χ1) is 11.5. The van der Waals surface area contributed by atoms with E-state index in [-0.39, 0.29) is 18.6 Å². The van der Waals surface area contributed by atoms with Gasteiger partial charge in [0.1, 0.15) is 6.61 Å². The summed E-state index contributed by atoms with van der Waals surface area (Å²) in [6.45, 7) is 3.73. The maximum Gasteiger partial charge on any atom is 0.334 e. The van der Waals surface area contributed by atoms with E-state index in [2.05, 4.69) is 22.5 Å². The number of carboxylic acids is 1. The van der Waals surface area contributed by atoms with Gasteiger partial charge in [-0.25, -0.2) is 4.79 Å². The number of hydrogen-bond donors (Lipinski definition) is 1. The Morgan fingerprint density at radius 3 is 2.33 bits per heavy atom. The zero-order valence-electron chi connectivity index (χ0n) is 12.9. The van der Waals surface area contributed by atoms with Crippen LogP contribution in [0.1, 0.15) is 11.1 Å². The summed E-state index contributed by atoms with van der Waals surface area (Å²) in [4.78, 5) is 23.7. The third-order valence-corrected chi connectivity index (χ3v) is 4.35. The van der Waals surface area contributed by atoms with Crippen molar-refractivity contribution in [2.75, 3.05) is 0 Å². The van der Waals surface area contributed by atoms with Crippen LogP contribution in [-0.2, 0) is 27.4 Å². The smallest absolute Gasteiger partial charge is 0.334 e. The molecule has 5 heteroatoms. The molecule has 0 amide bonds. The first-order valence-electron chi connectivity index (χ1n) is 7.35. The molecule has 124 valence electrons. The Balaban J connectivity index is 2.04. The van der Waals surface area contributed by atoms with Crippen molar-refractivity contribution in [2.24, 2.45) is 5.92 Å². The standard InChI is InChI=1S/C19H17BrO4/c1-13(19(23)24-12-14-7-3-2-4-8-14)16(18(21)22)11-15-9-5-6-10-17(15)20/h2-10,16H,1,11-12H2,(H,21,22). The summed E-state index contributed by atoms with van der Waals surface area (Å²) in [6, 6.07) is 16.5. The van der Waals surface area contributed by atoms with Gasteiger partial charge in [-0.3, -0.25) is 4.79 Å². The van der Waals surface area contributed by atoms with Gasteiger partial charge in [-0.15, -0.1) is 0 Å². The summed E-state index contributed by atoms with van der Waals surface area (Å²) in [5.41, 5.74) is 1.56. The molecule has 4 nitrogen and oxygen atoms in total. The number of carbonyl (C=O) groups excluding carboxylic acids is 1. The topological polar surface area (TPSA) is 63.6 Å². The fourth-order valence-electron chi connectivity index (χ4n) is 2.20. The van der Waals surface area contributed by atoms with Gasteiger partial charge in [0.15, 0.2) is 0 Å². The highest BCUT2D eigenvalue weighted by atomic mass is 79.9. The van der Waals surface area contributed by atoms with Crippen LogP contribution in [0.25, 0.3) is 0 Å². The Kier molecular flexibility index (Phi) is 6.32. The molecule has 0 bridgehead atoms. The number of carboxylic acid groups (broad SMARTS) is 1. The summed E-state index contributed by atoms with van der Waals surface area (Å²) >= 11 is 3.38. The monoisotopic (exact) mass is 388 g/mol. The van der Waals surface area contributed by atoms with Crippen molar-refractivity contribution >= 4 is 27.9 Å². The van der Waals surface area contributed by atoms with Crippen LogP contribution in [0.4, 0.5) is 0 Å². The zero-order valence-corrected chi connectivity index (χ0v) is 14.5. The Labute approximate surface area is 148 Å². The molecule has 2 aromatic carbocycles. The number of halogens is 1. The van der Waals surface area contributed by atoms with Crippen LogP contribution >= 0.6 is 15.9 Å². The predicted octanol–water partition coefficient (Wildman–Crippen LogP) is 3.99. The van der Waals surface area contributed by atoms with Crippen LogP contribution in [0.5, 0.6) is 0 Å². The van der Waals surface area contributed by atoms with E-state index >= 15 is 0 Å². The van der Waals surface area contributed by atoms with Crippen LogP contribution in [0, 0.1) is 5.92 Å². The molecular formula is C19H17BrO4. The number of benzene rings is 2. The SMILES string of the molecule is C=C(C(=O)OCc1ccccc1)C(Cc1ccccc1Br)C(=O)O. The minimum absolute atomic E-state index is 0.0609. The molecule has 0 spiro atoms. The van der Waals surface area contributed by atoms with Crippen LogP contribution in [0.15, 0.2) is 71.2 Å². The molecule has 0 saturated carbocycles. The lowest BCUT2D eigenvalue weighted by atomic mass is 9.93. The van der Waals surface area contributed by atoms with E-state index in [0.717, 1.165) is 15.6 Å². The maximum atomic E-state index is 12.1. The normalized spacial score (nSPS) is 11.5. The van der Waals surface area contributed by atoms with Gasteiger partial charge < -0.3 is 9.84 Å². The average molecular weight is 389 g/mol. The van der Waals surface area contributed by atoms with Crippen molar-refractivity contribution in [3.05, 3.63) is 82.3 Å². The average Bonchev–Trinajstić information content (AvgIpc) is 2.59. The van der Waals surface area contributed by atoms with E-state index < -0.39 is 17.9 Å². The highest BCUT2D eigenvalue weighted by Crippen LogP contribution is 2.23. The highest BCUT2D eigenvalue weighted by molar-refractivity contribution is 9.10. The number of rotatable bonds is 7. The second-order valence-corrected chi connectivity index (χ2v) is 6.13. The van der Waals surface area contributed by atoms with E-state index in [1.807, 2.05) is 54.6 Å².